The fraction of sp³-hybridized carbons (Fsp3) is 0.286. The molecule has 1 aromatic carbocycles. The van der Waals surface area contributed by atoms with Gasteiger partial charge < -0.3 is 15.3 Å². The van der Waals surface area contributed by atoms with E-state index in [0.29, 0.717) is 0 Å². The second-order valence-corrected chi connectivity index (χ2v) is 4.83. The normalized spacial score (nSPS) is 12.7. The maximum Gasteiger partial charge on any atom is 0.323 e. The van der Waals surface area contributed by atoms with Crippen LogP contribution in [-0.4, -0.2) is 19.7 Å². The number of aromatic nitrogens is 4. The fourth-order valence-electron chi connectivity index (χ4n) is 2.26. The fourth-order valence-corrected chi connectivity index (χ4v) is 2.26. The van der Waals surface area contributed by atoms with Crippen molar-refractivity contribution in [1.29, 1.82) is 0 Å². The lowest BCUT2D eigenvalue weighted by Crippen LogP contribution is -2.06. The maximum absolute atomic E-state index is 11.3. The summed E-state index contributed by atoms with van der Waals surface area (Å²) in [7, 11) is 0. The van der Waals surface area contributed by atoms with E-state index in [9.17, 15) is 4.79 Å². The van der Waals surface area contributed by atoms with Gasteiger partial charge in [0, 0.05) is 18.8 Å². The zero-order valence-electron chi connectivity index (χ0n) is 11.5. The van der Waals surface area contributed by atoms with E-state index >= 15 is 0 Å². The Hall–Kier alpha value is -2.50. The average Bonchev–Trinajstić information content (AvgIpc) is 3.02. The van der Waals surface area contributed by atoms with Gasteiger partial charge in [-0.3, -0.25) is 4.68 Å². The molecular weight excluding hydrogens is 254 g/mol. The van der Waals surface area contributed by atoms with E-state index in [1.165, 1.54) is 0 Å². The molecule has 0 aliphatic rings. The molecule has 0 spiro atoms. The highest BCUT2D eigenvalue weighted by Crippen LogP contribution is 2.21. The van der Waals surface area contributed by atoms with Gasteiger partial charge in [0.25, 0.3) is 0 Å². The van der Waals surface area contributed by atoms with Gasteiger partial charge in [0.1, 0.15) is 0 Å². The molecule has 3 N–H and O–H groups in total. The largest absolute Gasteiger partial charge is 0.376 e. The van der Waals surface area contributed by atoms with Crippen molar-refractivity contribution in [3.63, 3.8) is 0 Å². The van der Waals surface area contributed by atoms with Crippen LogP contribution in [0.25, 0.3) is 11.0 Å². The molecule has 0 saturated heterocycles. The van der Waals surface area contributed by atoms with E-state index in [1.807, 2.05) is 35.3 Å². The van der Waals surface area contributed by atoms with Crippen molar-refractivity contribution in [3.05, 3.63) is 46.6 Å². The minimum atomic E-state index is -0.179. The van der Waals surface area contributed by atoms with Crippen LogP contribution < -0.4 is 11.0 Å². The Labute approximate surface area is 115 Å². The number of nitrogens with one attached hydrogen (secondary N) is 3. The van der Waals surface area contributed by atoms with Crippen LogP contribution in [0, 0.1) is 0 Å². The Bertz CT molecular complexity index is 782. The number of anilines is 1. The van der Waals surface area contributed by atoms with Gasteiger partial charge >= 0.3 is 5.69 Å². The van der Waals surface area contributed by atoms with Crippen LogP contribution in [0.5, 0.6) is 0 Å². The van der Waals surface area contributed by atoms with Gasteiger partial charge in [0.2, 0.25) is 0 Å². The van der Waals surface area contributed by atoms with Crippen molar-refractivity contribution in [3.8, 4) is 0 Å². The van der Waals surface area contributed by atoms with Crippen LogP contribution in [0.1, 0.15) is 25.5 Å². The van der Waals surface area contributed by atoms with Crippen LogP contribution in [0.4, 0.5) is 5.69 Å². The molecule has 6 nitrogen and oxygen atoms in total. The van der Waals surface area contributed by atoms with Crippen LogP contribution in [-0.2, 0) is 6.54 Å². The number of benzene rings is 1. The number of aryl methyl sites for hydroxylation is 1. The maximum atomic E-state index is 11.3. The minimum Gasteiger partial charge on any atom is -0.376 e. The van der Waals surface area contributed by atoms with Crippen molar-refractivity contribution in [2.45, 2.75) is 26.4 Å². The predicted octanol–water partition coefficient (Wildman–Crippen LogP) is 2.25. The Morgan fingerprint density at radius 1 is 1.35 bits per heavy atom. The van der Waals surface area contributed by atoms with Crippen LogP contribution in [0.15, 0.2) is 35.4 Å². The summed E-state index contributed by atoms with van der Waals surface area (Å²) in [5, 5.41) is 7.64. The Morgan fingerprint density at radius 2 is 2.15 bits per heavy atom. The molecule has 0 aliphatic carbocycles. The lowest BCUT2D eigenvalue weighted by Gasteiger charge is -2.14. The number of hydrogen-bond donors (Lipinski definition) is 3. The first kappa shape index (κ1) is 12.5. The molecule has 0 bridgehead atoms. The Morgan fingerprint density at radius 3 is 2.90 bits per heavy atom. The number of aromatic amines is 2. The molecule has 0 saturated carbocycles. The highest BCUT2D eigenvalue weighted by Gasteiger charge is 2.08. The standard InChI is InChI=1S/C14H17N5O/c1-3-19-8-11(7-15-19)16-9(2)10-4-5-12-13(6-10)18-14(20)17-12/h4-9,16H,3H2,1-2H3,(H2,17,18,20). The highest BCUT2D eigenvalue weighted by molar-refractivity contribution is 5.75. The number of rotatable bonds is 4. The number of fused-ring (bicyclic) bond motifs is 1. The summed E-state index contributed by atoms with van der Waals surface area (Å²) in [5.74, 6) is 0. The number of hydrogen-bond acceptors (Lipinski definition) is 3. The molecule has 0 amide bonds. The van der Waals surface area contributed by atoms with Gasteiger partial charge in [0.05, 0.1) is 22.9 Å². The van der Waals surface area contributed by atoms with Crippen molar-refractivity contribution in [2.24, 2.45) is 0 Å². The molecule has 1 unspecified atom stereocenters. The lowest BCUT2D eigenvalue weighted by molar-refractivity contribution is 0.660. The predicted molar refractivity (Wildman–Crippen MR) is 78.9 cm³/mol. The minimum absolute atomic E-state index is 0.132. The molecule has 104 valence electrons. The summed E-state index contributed by atoms with van der Waals surface area (Å²) < 4.78 is 1.88. The molecule has 2 aromatic heterocycles. The van der Waals surface area contributed by atoms with Crippen LogP contribution >= 0.6 is 0 Å². The van der Waals surface area contributed by atoms with Crippen molar-refractivity contribution in [2.75, 3.05) is 5.32 Å². The summed E-state index contributed by atoms with van der Waals surface area (Å²) >= 11 is 0. The molecule has 3 aromatic rings. The van der Waals surface area contributed by atoms with E-state index in [4.69, 9.17) is 0 Å². The molecule has 0 radical (unpaired) electrons. The quantitative estimate of drug-likeness (QED) is 0.681. The molecule has 20 heavy (non-hydrogen) atoms. The van der Waals surface area contributed by atoms with Gasteiger partial charge in [-0.05, 0) is 31.5 Å². The second-order valence-electron chi connectivity index (χ2n) is 4.83. The average molecular weight is 271 g/mol. The smallest absolute Gasteiger partial charge is 0.323 e. The zero-order chi connectivity index (χ0) is 14.1. The highest BCUT2D eigenvalue weighted by atomic mass is 16.1. The number of H-pyrrole nitrogens is 2. The summed E-state index contributed by atoms with van der Waals surface area (Å²) in [6.45, 7) is 4.98. The Balaban J connectivity index is 1.83. The lowest BCUT2D eigenvalue weighted by atomic mass is 10.1. The molecule has 0 fully saturated rings. The monoisotopic (exact) mass is 271 g/mol. The first-order valence-electron chi connectivity index (χ1n) is 6.66. The van der Waals surface area contributed by atoms with Crippen molar-refractivity contribution < 1.29 is 0 Å². The number of imidazole rings is 1. The molecule has 1 atom stereocenters. The molecule has 3 rings (SSSR count). The molecule has 0 aliphatic heterocycles. The first-order chi connectivity index (χ1) is 9.65. The number of nitrogens with zero attached hydrogens (tertiary/aromatic N) is 2. The SMILES string of the molecule is CCn1cc(NC(C)c2ccc3[nH]c(=O)[nH]c3c2)cn1. The van der Waals surface area contributed by atoms with Crippen molar-refractivity contribution in [1.82, 2.24) is 19.7 Å². The van der Waals surface area contributed by atoms with Gasteiger partial charge in [-0.2, -0.15) is 5.10 Å². The second kappa shape index (κ2) is 4.88. The zero-order valence-corrected chi connectivity index (χ0v) is 11.5. The third-order valence-corrected chi connectivity index (χ3v) is 3.38. The van der Waals surface area contributed by atoms with E-state index in [0.717, 1.165) is 28.8 Å². The third-order valence-electron chi connectivity index (χ3n) is 3.38. The van der Waals surface area contributed by atoms with Gasteiger partial charge in [-0.15, -0.1) is 0 Å². The first-order valence-corrected chi connectivity index (χ1v) is 6.66. The molecule has 6 heteroatoms. The summed E-state index contributed by atoms with van der Waals surface area (Å²) in [4.78, 5) is 16.8. The van der Waals surface area contributed by atoms with Gasteiger partial charge in [-0.25, -0.2) is 4.79 Å². The molecular formula is C14H17N5O. The van der Waals surface area contributed by atoms with Crippen LogP contribution in [0.2, 0.25) is 0 Å². The van der Waals surface area contributed by atoms with E-state index < -0.39 is 0 Å². The van der Waals surface area contributed by atoms with E-state index in [-0.39, 0.29) is 11.7 Å². The third kappa shape index (κ3) is 2.32. The Kier molecular flexibility index (Phi) is 3.06. The van der Waals surface area contributed by atoms with E-state index in [2.05, 4.69) is 34.2 Å². The van der Waals surface area contributed by atoms with Crippen LogP contribution in [0.3, 0.4) is 0 Å². The van der Waals surface area contributed by atoms with Gasteiger partial charge in [0.15, 0.2) is 0 Å². The summed E-state index contributed by atoms with van der Waals surface area (Å²) in [6.07, 6.45) is 3.80. The van der Waals surface area contributed by atoms with Gasteiger partial charge in [-0.1, -0.05) is 6.07 Å². The topological polar surface area (TPSA) is 78.5 Å². The molecule has 2 heterocycles. The summed E-state index contributed by atoms with van der Waals surface area (Å²) in [6, 6.07) is 6.03. The van der Waals surface area contributed by atoms with E-state index in [1.54, 1.807) is 0 Å². The summed E-state index contributed by atoms with van der Waals surface area (Å²) in [5.41, 5.74) is 3.57. The van der Waals surface area contributed by atoms with Crippen molar-refractivity contribution >= 4 is 16.7 Å².